The third-order valence-corrected chi connectivity index (χ3v) is 12.9. The smallest absolute Gasteiger partial charge is 0.155 e. The van der Waals surface area contributed by atoms with Gasteiger partial charge in [-0.05, 0) is 164 Å². The fourth-order valence-corrected chi connectivity index (χ4v) is 9.87. The van der Waals surface area contributed by atoms with Crippen LogP contribution in [0.2, 0.25) is 0 Å². The SMILES string of the molecule is O=C1C=C2CCCc3cc4c(cnn4-c4ccc(F)cc4)cc3C2(Cc2ccccn2)CC1.O=C1CCCc2cc3c(cnn3-c3ccc(F)cc3)cc2C1Cc1ccccn1. The number of hydrogen-bond acceptors (Lipinski definition) is 6. The van der Waals surface area contributed by atoms with Gasteiger partial charge in [-0.2, -0.15) is 10.2 Å². The Bertz CT molecular complexity index is 2980. The Balaban J connectivity index is 0.000000149. The molecule has 308 valence electrons. The summed E-state index contributed by atoms with van der Waals surface area (Å²) in [5.74, 6) is -0.197. The monoisotopic (exact) mass is 822 g/mol. The maximum atomic E-state index is 13.5. The van der Waals surface area contributed by atoms with Crippen molar-refractivity contribution in [3.05, 3.63) is 191 Å². The first-order chi connectivity index (χ1) is 30.3. The van der Waals surface area contributed by atoms with Crippen molar-refractivity contribution in [3.63, 3.8) is 0 Å². The van der Waals surface area contributed by atoms with Gasteiger partial charge in [0, 0.05) is 71.6 Å². The minimum atomic E-state index is -0.269. The van der Waals surface area contributed by atoms with Crippen LogP contribution in [0, 0.1) is 11.6 Å². The number of carbonyl (C=O) groups is 2. The van der Waals surface area contributed by atoms with E-state index in [0.29, 0.717) is 19.3 Å². The third-order valence-electron chi connectivity index (χ3n) is 12.9. The number of ketones is 2. The molecular weight excluding hydrogens is 779 g/mol. The third kappa shape index (κ3) is 7.54. The standard InChI is InChI=1S/C28H24FN3O.C24H20FN3O/c29-22-7-9-24(10-8-22)32-27-15-19-4-3-5-21-16-25(33)11-12-28(21,17-23-6-1-2-13-30-23)26(19)14-20(27)18-31-32;25-18-7-9-20(10-8-18)28-23-13-16-4-3-6-24(29)22(14-19-5-1-2-11-26-19)21(16)12-17(23)15-27-28/h1-2,6-10,13-16,18H,3-5,11-12,17H2;1-2,5,7-13,15,22H,3-4,6,14H2. The highest BCUT2D eigenvalue weighted by Gasteiger charge is 2.42. The Kier molecular flexibility index (Phi) is 10.4. The van der Waals surface area contributed by atoms with Crippen molar-refractivity contribution in [2.75, 3.05) is 0 Å². The van der Waals surface area contributed by atoms with Crippen molar-refractivity contribution in [2.24, 2.45) is 0 Å². The summed E-state index contributed by atoms with van der Waals surface area (Å²) in [6.07, 6.45) is 17.2. The number of Topliss-reactive ketones (excluding diaryl/α,β-unsaturated/α-hetero) is 1. The summed E-state index contributed by atoms with van der Waals surface area (Å²) in [7, 11) is 0. The summed E-state index contributed by atoms with van der Waals surface area (Å²) < 4.78 is 30.5. The highest BCUT2D eigenvalue weighted by Crippen LogP contribution is 2.49. The molecule has 8 nitrogen and oxygen atoms in total. The molecule has 0 bridgehead atoms. The average molecular weight is 823 g/mol. The first-order valence-corrected chi connectivity index (χ1v) is 21.4. The van der Waals surface area contributed by atoms with Crippen LogP contribution in [0.5, 0.6) is 0 Å². The first kappa shape index (κ1) is 39.2. The average Bonchev–Trinajstić information content (AvgIpc) is 3.83. The maximum absolute atomic E-state index is 13.5. The van der Waals surface area contributed by atoms with Crippen LogP contribution in [0.15, 0.2) is 146 Å². The number of benzene rings is 4. The van der Waals surface area contributed by atoms with Crippen LogP contribution in [-0.2, 0) is 40.7 Å². The van der Waals surface area contributed by atoms with Gasteiger partial charge in [0.25, 0.3) is 0 Å². The molecule has 8 aromatic rings. The molecule has 4 heterocycles. The summed E-state index contributed by atoms with van der Waals surface area (Å²) in [6.45, 7) is 0. The van der Waals surface area contributed by atoms with Gasteiger partial charge in [-0.15, -0.1) is 0 Å². The molecule has 0 saturated carbocycles. The Labute approximate surface area is 358 Å². The quantitative estimate of drug-likeness (QED) is 0.155. The number of hydrogen-bond donors (Lipinski definition) is 0. The number of aromatic nitrogens is 6. The van der Waals surface area contributed by atoms with Crippen molar-refractivity contribution in [2.45, 2.75) is 75.5 Å². The van der Waals surface area contributed by atoms with E-state index in [2.05, 4.69) is 50.5 Å². The Morgan fingerprint density at radius 1 is 0.629 bits per heavy atom. The van der Waals surface area contributed by atoms with Crippen molar-refractivity contribution in [1.29, 1.82) is 0 Å². The predicted molar refractivity (Wildman–Crippen MR) is 236 cm³/mol. The number of rotatable bonds is 6. The number of pyridine rings is 2. The second-order valence-electron chi connectivity index (χ2n) is 16.7. The van der Waals surface area contributed by atoms with E-state index in [9.17, 15) is 18.4 Å². The second kappa shape index (κ2) is 16.5. The van der Waals surface area contributed by atoms with Crippen LogP contribution < -0.4 is 0 Å². The van der Waals surface area contributed by atoms with Crippen molar-refractivity contribution >= 4 is 33.4 Å². The largest absolute Gasteiger partial charge is 0.299 e. The van der Waals surface area contributed by atoms with E-state index in [4.69, 9.17) is 0 Å². The lowest BCUT2D eigenvalue weighted by Crippen LogP contribution is -2.36. The van der Waals surface area contributed by atoms with Crippen LogP contribution in [-0.4, -0.2) is 41.1 Å². The van der Waals surface area contributed by atoms with Gasteiger partial charge in [0.1, 0.15) is 17.4 Å². The molecule has 4 aromatic heterocycles. The maximum Gasteiger partial charge on any atom is 0.155 e. The van der Waals surface area contributed by atoms with Crippen LogP contribution in [0.4, 0.5) is 8.78 Å². The van der Waals surface area contributed by atoms with E-state index >= 15 is 0 Å². The molecule has 11 rings (SSSR count). The lowest BCUT2D eigenvalue weighted by molar-refractivity contribution is -0.120. The summed E-state index contributed by atoms with van der Waals surface area (Å²) in [5, 5.41) is 11.2. The molecule has 0 spiro atoms. The van der Waals surface area contributed by atoms with Crippen LogP contribution in [0.1, 0.15) is 78.1 Å². The van der Waals surface area contributed by atoms with E-state index in [-0.39, 0.29) is 34.5 Å². The zero-order valence-corrected chi connectivity index (χ0v) is 34.2. The molecule has 4 aromatic carbocycles. The van der Waals surface area contributed by atoms with E-state index in [1.54, 1.807) is 30.5 Å². The lowest BCUT2D eigenvalue weighted by atomic mass is 9.64. The van der Waals surface area contributed by atoms with E-state index in [1.807, 2.05) is 64.4 Å². The molecule has 0 radical (unpaired) electrons. The predicted octanol–water partition coefficient (Wildman–Crippen LogP) is 10.5. The molecular formula is C52H44F2N6O2. The number of aryl methyl sites for hydroxylation is 2. The van der Waals surface area contributed by atoms with Crippen LogP contribution in [0.25, 0.3) is 33.2 Å². The molecule has 10 heteroatoms. The van der Waals surface area contributed by atoms with E-state index in [0.717, 1.165) is 95.1 Å². The molecule has 3 aliphatic carbocycles. The molecule has 0 aliphatic heterocycles. The molecule has 0 amide bonds. The Morgan fingerprint density at radius 3 is 1.87 bits per heavy atom. The highest BCUT2D eigenvalue weighted by molar-refractivity contribution is 5.93. The van der Waals surface area contributed by atoms with Crippen molar-refractivity contribution in [3.8, 4) is 11.4 Å². The van der Waals surface area contributed by atoms with Gasteiger partial charge in [0.05, 0.1) is 34.8 Å². The molecule has 0 fully saturated rings. The topological polar surface area (TPSA) is 95.6 Å². The van der Waals surface area contributed by atoms with Gasteiger partial charge in [-0.25, -0.2) is 18.1 Å². The Morgan fingerprint density at radius 2 is 1.23 bits per heavy atom. The summed E-state index contributed by atoms with van der Waals surface area (Å²) >= 11 is 0. The summed E-state index contributed by atoms with van der Waals surface area (Å²) in [5.41, 5.74) is 11.5. The van der Waals surface area contributed by atoms with Gasteiger partial charge >= 0.3 is 0 Å². The minimum absolute atomic E-state index is 0.180. The zero-order chi connectivity index (χ0) is 42.2. The van der Waals surface area contributed by atoms with E-state index in [1.165, 1.54) is 46.5 Å². The van der Waals surface area contributed by atoms with Crippen LogP contribution >= 0.6 is 0 Å². The second-order valence-corrected chi connectivity index (χ2v) is 16.7. The summed E-state index contributed by atoms with van der Waals surface area (Å²) in [6, 6.07) is 33.4. The van der Waals surface area contributed by atoms with E-state index < -0.39 is 0 Å². The van der Waals surface area contributed by atoms with Gasteiger partial charge in [0.15, 0.2) is 5.78 Å². The number of fused-ring (bicyclic) bond motifs is 6. The van der Waals surface area contributed by atoms with Gasteiger partial charge in [0.2, 0.25) is 0 Å². The van der Waals surface area contributed by atoms with Gasteiger partial charge in [-0.1, -0.05) is 17.7 Å². The molecule has 0 saturated heterocycles. The first-order valence-electron chi connectivity index (χ1n) is 21.4. The molecule has 3 aliphatic rings. The number of carbonyl (C=O) groups excluding carboxylic acids is 2. The molecule has 0 N–H and O–H groups in total. The van der Waals surface area contributed by atoms with Gasteiger partial charge < -0.3 is 0 Å². The fraction of sp³-hybridized carbons (Fsp3) is 0.231. The zero-order valence-electron chi connectivity index (χ0n) is 34.2. The van der Waals surface area contributed by atoms with Gasteiger partial charge in [-0.3, -0.25) is 19.6 Å². The molecule has 62 heavy (non-hydrogen) atoms. The lowest BCUT2D eigenvalue weighted by Gasteiger charge is -2.39. The Hall–Kier alpha value is -6.94. The van der Waals surface area contributed by atoms with Crippen molar-refractivity contribution in [1.82, 2.24) is 29.5 Å². The number of halogens is 2. The molecule has 2 unspecified atom stereocenters. The molecule has 2 atom stereocenters. The summed E-state index contributed by atoms with van der Waals surface area (Å²) in [4.78, 5) is 34.4. The number of allylic oxidation sites excluding steroid dienone is 2. The fourth-order valence-electron chi connectivity index (χ4n) is 9.87. The van der Waals surface area contributed by atoms with Crippen molar-refractivity contribution < 1.29 is 18.4 Å². The minimum Gasteiger partial charge on any atom is -0.299 e. The van der Waals surface area contributed by atoms with Crippen LogP contribution in [0.3, 0.4) is 0 Å². The highest BCUT2D eigenvalue weighted by atomic mass is 19.1. The normalized spacial score (nSPS) is 18.5. The number of nitrogens with zero attached hydrogens (tertiary/aromatic N) is 6.